The summed E-state index contributed by atoms with van der Waals surface area (Å²) in [4.78, 5) is 24.8. The molecule has 2 heterocycles. The molecule has 0 amide bonds. The van der Waals surface area contributed by atoms with E-state index in [4.69, 9.17) is 9.47 Å². The number of cyclic esters (lactones) is 1. The second-order valence-electron chi connectivity index (χ2n) is 6.46. The topological polar surface area (TPSA) is 64.6 Å². The molecule has 0 saturated carbocycles. The predicted octanol–water partition coefficient (Wildman–Crippen LogP) is 5.18. The molecule has 0 aliphatic carbocycles. The van der Waals surface area contributed by atoms with Gasteiger partial charge in [0.25, 0.3) is 0 Å². The summed E-state index contributed by atoms with van der Waals surface area (Å²) in [5.74, 6) is -0.777. The van der Waals surface area contributed by atoms with E-state index in [1.807, 2.05) is 48.7 Å². The predicted molar refractivity (Wildman–Crippen MR) is 109 cm³/mol. The lowest BCUT2D eigenvalue weighted by atomic mass is 10.0. The average Bonchev–Trinajstić information content (AvgIpc) is 3.25. The van der Waals surface area contributed by atoms with Crippen LogP contribution in [0.2, 0.25) is 0 Å². The van der Waals surface area contributed by atoms with E-state index in [9.17, 15) is 9.59 Å². The minimum atomic E-state index is -0.638. The van der Waals surface area contributed by atoms with Gasteiger partial charge in [-0.2, -0.15) is 0 Å². The molecule has 1 unspecified atom stereocenters. The quantitative estimate of drug-likeness (QED) is 0.605. The lowest BCUT2D eigenvalue weighted by molar-refractivity contribution is 0.0437. The van der Waals surface area contributed by atoms with Gasteiger partial charge in [-0.1, -0.05) is 48.0 Å². The third-order valence-electron chi connectivity index (χ3n) is 4.58. The Morgan fingerprint density at radius 3 is 2.64 bits per heavy atom. The van der Waals surface area contributed by atoms with Gasteiger partial charge in [0, 0.05) is 16.5 Å². The summed E-state index contributed by atoms with van der Waals surface area (Å²) in [7, 11) is 0. The number of fused-ring (bicyclic) bond motifs is 1. The SMILES string of the molecule is CCOC(=O)c1c(-c2ccc(C)cc2)csc1NC1OC(=O)c2ccccc21. The fourth-order valence-corrected chi connectivity index (χ4v) is 4.16. The first-order chi connectivity index (χ1) is 13.6. The molecule has 0 radical (unpaired) electrons. The Kier molecular flexibility index (Phi) is 4.88. The number of nitrogens with one attached hydrogen (secondary N) is 1. The smallest absolute Gasteiger partial charge is 0.341 e. The van der Waals surface area contributed by atoms with E-state index >= 15 is 0 Å². The summed E-state index contributed by atoms with van der Waals surface area (Å²) < 4.78 is 10.8. The van der Waals surface area contributed by atoms with E-state index in [0.29, 0.717) is 16.1 Å². The van der Waals surface area contributed by atoms with Gasteiger partial charge in [-0.05, 0) is 25.5 Å². The van der Waals surface area contributed by atoms with E-state index in [0.717, 1.165) is 22.3 Å². The number of carbonyl (C=O) groups is 2. The number of rotatable bonds is 5. The van der Waals surface area contributed by atoms with Crippen molar-refractivity contribution in [3.8, 4) is 11.1 Å². The van der Waals surface area contributed by atoms with Crippen LogP contribution < -0.4 is 5.32 Å². The van der Waals surface area contributed by atoms with Crippen LogP contribution in [0.25, 0.3) is 11.1 Å². The molecule has 0 bridgehead atoms. The Morgan fingerprint density at radius 1 is 1.14 bits per heavy atom. The minimum absolute atomic E-state index is 0.280. The number of ether oxygens (including phenoxy) is 2. The van der Waals surface area contributed by atoms with Crippen molar-refractivity contribution in [2.24, 2.45) is 0 Å². The highest BCUT2D eigenvalue weighted by molar-refractivity contribution is 7.15. The van der Waals surface area contributed by atoms with Crippen LogP contribution >= 0.6 is 11.3 Å². The average molecular weight is 393 g/mol. The van der Waals surface area contributed by atoms with Crippen molar-refractivity contribution >= 4 is 28.3 Å². The Morgan fingerprint density at radius 2 is 1.89 bits per heavy atom. The Hall–Kier alpha value is -3.12. The number of esters is 2. The summed E-state index contributed by atoms with van der Waals surface area (Å²) in [6.07, 6.45) is -0.638. The first-order valence-electron chi connectivity index (χ1n) is 9.00. The van der Waals surface area contributed by atoms with Crippen molar-refractivity contribution in [3.05, 3.63) is 76.2 Å². The van der Waals surface area contributed by atoms with Crippen molar-refractivity contribution in [1.29, 1.82) is 0 Å². The number of carbonyl (C=O) groups excluding carboxylic acids is 2. The van der Waals surface area contributed by atoms with Crippen LogP contribution in [-0.4, -0.2) is 18.5 Å². The van der Waals surface area contributed by atoms with Gasteiger partial charge in [-0.25, -0.2) is 9.59 Å². The lowest BCUT2D eigenvalue weighted by Gasteiger charge is -2.15. The number of aryl methyl sites for hydroxylation is 1. The van der Waals surface area contributed by atoms with E-state index in [2.05, 4.69) is 5.32 Å². The van der Waals surface area contributed by atoms with Gasteiger partial charge in [0.05, 0.1) is 12.2 Å². The van der Waals surface area contributed by atoms with Crippen molar-refractivity contribution in [2.75, 3.05) is 11.9 Å². The maximum atomic E-state index is 12.7. The molecule has 1 atom stereocenters. The fraction of sp³-hybridized carbons (Fsp3) is 0.182. The van der Waals surface area contributed by atoms with Gasteiger partial charge >= 0.3 is 11.9 Å². The third-order valence-corrected chi connectivity index (χ3v) is 5.49. The van der Waals surface area contributed by atoms with Crippen LogP contribution in [0.3, 0.4) is 0 Å². The lowest BCUT2D eigenvalue weighted by Crippen LogP contribution is -2.13. The highest BCUT2D eigenvalue weighted by Crippen LogP contribution is 2.40. The number of hydrogen-bond donors (Lipinski definition) is 1. The third kappa shape index (κ3) is 3.27. The van der Waals surface area contributed by atoms with Gasteiger partial charge in [-0.3, -0.25) is 0 Å². The van der Waals surface area contributed by atoms with E-state index < -0.39 is 12.2 Å². The maximum Gasteiger partial charge on any atom is 0.341 e. The molecule has 6 heteroatoms. The van der Waals surface area contributed by atoms with Crippen LogP contribution in [0.4, 0.5) is 5.00 Å². The Labute approximate surface area is 166 Å². The molecule has 1 aliphatic heterocycles. The van der Waals surface area contributed by atoms with Crippen LogP contribution in [-0.2, 0) is 9.47 Å². The molecular weight excluding hydrogens is 374 g/mol. The Bertz CT molecular complexity index is 1040. The Balaban J connectivity index is 1.72. The van der Waals surface area contributed by atoms with Gasteiger partial charge in [0.15, 0.2) is 0 Å². The first kappa shape index (κ1) is 18.3. The van der Waals surface area contributed by atoms with E-state index in [1.165, 1.54) is 11.3 Å². The molecule has 0 fully saturated rings. The van der Waals surface area contributed by atoms with Crippen molar-refractivity contribution in [1.82, 2.24) is 0 Å². The van der Waals surface area contributed by atoms with Crippen LogP contribution in [0.5, 0.6) is 0 Å². The summed E-state index contributed by atoms with van der Waals surface area (Å²) in [6, 6.07) is 15.2. The molecule has 1 N–H and O–H groups in total. The monoisotopic (exact) mass is 393 g/mol. The maximum absolute atomic E-state index is 12.7. The molecule has 1 aliphatic rings. The molecule has 3 aromatic rings. The van der Waals surface area contributed by atoms with Crippen molar-refractivity contribution < 1.29 is 19.1 Å². The molecular formula is C22H19NO4S. The molecule has 5 nitrogen and oxygen atoms in total. The summed E-state index contributed by atoms with van der Waals surface area (Å²) >= 11 is 1.39. The summed E-state index contributed by atoms with van der Waals surface area (Å²) in [5, 5.41) is 5.74. The molecule has 4 rings (SSSR count). The molecule has 142 valence electrons. The van der Waals surface area contributed by atoms with Crippen LogP contribution in [0, 0.1) is 6.92 Å². The fourth-order valence-electron chi connectivity index (χ4n) is 3.19. The van der Waals surface area contributed by atoms with Crippen LogP contribution in [0.1, 0.15) is 45.0 Å². The van der Waals surface area contributed by atoms with Gasteiger partial charge < -0.3 is 14.8 Å². The number of thiophene rings is 1. The number of anilines is 1. The molecule has 0 saturated heterocycles. The van der Waals surface area contributed by atoms with Gasteiger partial charge in [0.1, 0.15) is 10.6 Å². The zero-order chi connectivity index (χ0) is 19.7. The van der Waals surface area contributed by atoms with Crippen LogP contribution in [0.15, 0.2) is 53.9 Å². The van der Waals surface area contributed by atoms with Gasteiger partial charge in [-0.15, -0.1) is 11.3 Å². The van der Waals surface area contributed by atoms with Crippen molar-refractivity contribution in [3.63, 3.8) is 0 Å². The highest BCUT2D eigenvalue weighted by Gasteiger charge is 2.32. The second kappa shape index (κ2) is 7.48. The first-order valence-corrected chi connectivity index (χ1v) is 9.88. The van der Waals surface area contributed by atoms with Crippen molar-refractivity contribution in [2.45, 2.75) is 20.1 Å². The van der Waals surface area contributed by atoms with Gasteiger partial charge in [0.2, 0.25) is 6.23 Å². The number of benzene rings is 2. The zero-order valence-electron chi connectivity index (χ0n) is 15.5. The minimum Gasteiger partial charge on any atom is -0.462 e. The zero-order valence-corrected chi connectivity index (χ0v) is 16.3. The van der Waals surface area contributed by atoms with E-state index in [-0.39, 0.29) is 12.6 Å². The molecule has 0 spiro atoms. The second-order valence-corrected chi connectivity index (χ2v) is 7.34. The highest BCUT2D eigenvalue weighted by atomic mass is 32.1. The molecule has 1 aromatic heterocycles. The normalized spacial score (nSPS) is 15.1. The van der Waals surface area contributed by atoms with E-state index in [1.54, 1.807) is 19.1 Å². The largest absolute Gasteiger partial charge is 0.462 e. The summed E-state index contributed by atoms with van der Waals surface area (Å²) in [5.41, 5.74) is 4.62. The number of hydrogen-bond acceptors (Lipinski definition) is 6. The molecule has 2 aromatic carbocycles. The molecule has 28 heavy (non-hydrogen) atoms. The summed E-state index contributed by atoms with van der Waals surface area (Å²) in [6.45, 7) is 4.07. The standard InChI is InChI=1S/C22H19NO4S/c1-3-26-22(25)18-17(14-10-8-13(2)9-11-14)12-28-20(18)23-19-15-6-4-5-7-16(15)21(24)27-19/h4-12,19,23H,3H2,1-2H3.